The number of hydrogen-bond donors (Lipinski definition) is 4. The summed E-state index contributed by atoms with van der Waals surface area (Å²) in [6, 6.07) is 0. The molecule has 1 saturated heterocycles. The molecule has 0 aromatic carbocycles. The van der Waals surface area contributed by atoms with E-state index in [-0.39, 0.29) is 4.47 Å². The molecule has 0 unspecified atom stereocenters. The molecule has 9 heteroatoms. The molecule has 4 atom stereocenters. The Morgan fingerprint density at radius 1 is 1.39 bits per heavy atom. The van der Waals surface area contributed by atoms with Gasteiger partial charge in [0.25, 0.3) is 5.56 Å². The number of H-pyrrole nitrogens is 1. The Hall–Kier alpha value is -1.00. The second-order valence-electron chi connectivity index (χ2n) is 3.87. The van der Waals surface area contributed by atoms with E-state index >= 15 is 0 Å². The van der Waals surface area contributed by atoms with E-state index in [9.17, 15) is 19.8 Å². The standard InChI is InChI=1S/C9H11BrN2O6/c10-3-1-12(9(17)11-7(3)16)8-6(15)5(14)4(2-13)18-8/h1,4-6,8,13-15H,2H2,(H,11,16,17)/t4-,5+,6+,8-/m1/s1. The Kier molecular flexibility index (Phi) is 3.69. The quantitative estimate of drug-likeness (QED) is 0.495. The molecule has 0 aliphatic carbocycles. The van der Waals surface area contributed by atoms with Gasteiger partial charge >= 0.3 is 5.69 Å². The van der Waals surface area contributed by atoms with Crippen LogP contribution in [0, 0.1) is 0 Å². The number of rotatable bonds is 2. The van der Waals surface area contributed by atoms with E-state index < -0.39 is 42.4 Å². The van der Waals surface area contributed by atoms with Gasteiger partial charge in [0, 0.05) is 6.20 Å². The van der Waals surface area contributed by atoms with Crippen molar-refractivity contribution in [3.8, 4) is 0 Å². The maximum Gasteiger partial charge on any atom is 0.330 e. The smallest absolute Gasteiger partial charge is 0.330 e. The third-order valence-corrected chi connectivity index (χ3v) is 3.28. The van der Waals surface area contributed by atoms with E-state index in [1.807, 2.05) is 4.98 Å². The minimum atomic E-state index is -1.38. The molecule has 0 radical (unpaired) electrons. The van der Waals surface area contributed by atoms with Crippen LogP contribution in [0.5, 0.6) is 0 Å². The van der Waals surface area contributed by atoms with Gasteiger partial charge in [-0.15, -0.1) is 0 Å². The van der Waals surface area contributed by atoms with Gasteiger partial charge < -0.3 is 20.1 Å². The van der Waals surface area contributed by atoms with Crippen LogP contribution in [-0.2, 0) is 4.74 Å². The maximum atomic E-state index is 11.6. The average molecular weight is 323 g/mol. The summed E-state index contributed by atoms with van der Waals surface area (Å²) >= 11 is 2.94. The van der Waals surface area contributed by atoms with Gasteiger partial charge in [-0.2, -0.15) is 0 Å². The molecular weight excluding hydrogens is 312 g/mol. The number of halogens is 1. The zero-order valence-corrected chi connectivity index (χ0v) is 10.6. The summed E-state index contributed by atoms with van der Waals surface area (Å²) in [4.78, 5) is 24.8. The van der Waals surface area contributed by atoms with E-state index in [4.69, 9.17) is 9.84 Å². The normalized spacial score (nSPS) is 31.8. The number of aromatic nitrogens is 2. The molecule has 100 valence electrons. The number of aliphatic hydroxyl groups excluding tert-OH is 3. The molecule has 2 heterocycles. The van der Waals surface area contributed by atoms with Crippen molar-refractivity contribution < 1.29 is 20.1 Å². The first-order valence-corrected chi connectivity index (χ1v) is 5.88. The third-order valence-electron chi connectivity index (χ3n) is 2.72. The predicted molar refractivity (Wildman–Crippen MR) is 62.0 cm³/mol. The fourth-order valence-corrected chi connectivity index (χ4v) is 2.08. The lowest BCUT2D eigenvalue weighted by Crippen LogP contribution is -2.38. The molecule has 1 fully saturated rings. The summed E-state index contributed by atoms with van der Waals surface area (Å²) < 4.78 is 6.19. The summed E-state index contributed by atoms with van der Waals surface area (Å²) in [6.45, 7) is -0.492. The number of aromatic amines is 1. The molecule has 2 rings (SSSR count). The summed E-state index contributed by atoms with van der Waals surface area (Å²) in [6.07, 6.45) is -3.68. The number of hydrogen-bond acceptors (Lipinski definition) is 6. The molecule has 1 aliphatic heterocycles. The monoisotopic (exact) mass is 322 g/mol. The van der Waals surface area contributed by atoms with Gasteiger partial charge in [0.05, 0.1) is 11.1 Å². The number of ether oxygens (including phenoxy) is 1. The Balaban J connectivity index is 2.42. The SMILES string of the molecule is O=c1[nH]c(=O)n([C@@H]2O[C@H](CO)[C@H](O)[C@@H]2O)cc1Br. The first-order chi connectivity index (χ1) is 8.45. The molecular formula is C9H11BrN2O6. The van der Waals surface area contributed by atoms with Crippen LogP contribution in [0.1, 0.15) is 6.23 Å². The summed E-state index contributed by atoms with van der Waals surface area (Å²) in [5.74, 6) is 0. The summed E-state index contributed by atoms with van der Waals surface area (Å²) in [7, 11) is 0. The average Bonchev–Trinajstić information content (AvgIpc) is 2.61. The van der Waals surface area contributed by atoms with Crippen LogP contribution in [0.2, 0.25) is 0 Å². The van der Waals surface area contributed by atoms with Crippen LogP contribution in [0.15, 0.2) is 20.3 Å². The highest BCUT2D eigenvalue weighted by atomic mass is 79.9. The van der Waals surface area contributed by atoms with Crippen LogP contribution < -0.4 is 11.2 Å². The summed E-state index contributed by atoms with van der Waals surface area (Å²) in [5.41, 5.74) is -1.39. The minimum absolute atomic E-state index is 0.0832. The Labute approximate surface area is 109 Å². The Morgan fingerprint density at radius 3 is 2.61 bits per heavy atom. The second-order valence-corrected chi connectivity index (χ2v) is 4.73. The highest BCUT2D eigenvalue weighted by Crippen LogP contribution is 2.28. The molecule has 0 amide bonds. The molecule has 1 aromatic rings. The highest BCUT2D eigenvalue weighted by molar-refractivity contribution is 9.10. The molecule has 1 aromatic heterocycles. The van der Waals surface area contributed by atoms with E-state index in [2.05, 4.69) is 15.9 Å². The molecule has 18 heavy (non-hydrogen) atoms. The van der Waals surface area contributed by atoms with Gasteiger partial charge in [0.15, 0.2) is 6.23 Å². The number of aliphatic hydroxyl groups is 3. The van der Waals surface area contributed by atoms with Gasteiger partial charge in [0.2, 0.25) is 0 Å². The molecule has 4 N–H and O–H groups in total. The first kappa shape index (κ1) is 13.4. The molecule has 1 aliphatic rings. The lowest BCUT2D eigenvalue weighted by molar-refractivity contribution is -0.0551. The Bertz CT molecular complexity index is 555. The van der Waals surface area contributed by atoms with E-state index in [1.165, 1.54) is 0 Å². The van der Waals surface area contributed by atoms with Crippen molar-refractivity contribution in [2.45, 2.75) is 24.5 Å². The number of nitrogens with one attached hydrogen (secondary N) is 1. The Morgan fingerprint density at radius 2 is 2.06 bits per heavy atom. The zero-order chi connectivity index (χ0) is 13.4. The first-order valence-electron chi connectivity index (χ1n) is 5.09. The van der Waals surface area contributed by atoms with Crippen molar-refractivity contribution in [2.24, 2.45) is 0 Å². The lowest BCUT2D eigenvalue weighted by atomic mass is 10.1. The van der Waals surface area contributed by atoms with Crippen LogP contribution in [0.3, 0.4) is 0 Å². The second kappa shape index (κ2) is 4.94. The summed E-state index contributed by atoms with van der Waals surface area (Å²) in [5, 5.41) is 28.3. The van der Waals surface area contributed by atoms with Crippen molar-refractivity contribution in [1.82, 2.24) is 9.55 Å². The van der Waals surface area contributed by atoms with Crippen LogP contribution in [-0.4, -0.2) is 49.8 Å². The van der Waals surface area contributed by atoms with E-state index in [1.54, 1.807) is 0 Å². The topological polar surface area (TPSA) is 125 Å². The minimum Gasteiger partial charge on any atom is -0.394 e. The van der Waals surface area contributed by atoms with Gasteiger partial charge in [-0.25, -0.2) is 4.79 Å². The van der Waals surface area contributed by atoms with Gasteiger partial charge in [0.1, 0.15) is 18.3 Å². The fraction of sp³-hybridized carbons (Fsp3) is 0.556. The molecule has 0 bridgehead atoms. The molecule has 0 saturated carbocycles. The third kappa shape index (κ3) is 2.15. The van der Waals surface area contributed by atoms with Gasteiger partial charge in [-0.3, -0.25) is 14.3 Å². The van der Waals surface area contributed by atoms with Crippen LogP contribution in [0.25, 0.3) is 0 Å². The maximum absolute atomic E-state index is 11.6. The van der Waals surface area contributed by atoms with Crippen LogP contribution >= 0.6 is 15.9 Å². The molecule has 0 spiro atoms. The molecule has 8 nitrogen and oxygen atoms in total. The predicted octanol–water partition coefficient (Wildman–Crippen LogP) is -2.09. The number of nitrogens with zero attached hydrogens (tertiary/aromatic N) is 1. The van der Waals surface area contributed by atoms with E-state index in [0.29, 0.717) is 0 Å². The zero-order valence-electron chi connectivity index (χ0n) is 8.99. The van der Waals surface area contributed by atoms with Crippen molar-refractivity contribution in [3.63, 3.8) is 0 Å². The largest absolute Gasteiger partial charge is 0.394 e. The van der Waals surface area contributed by atoms with Gasteiger partial charge in [-0.05, 0) is 15.9 Å². The van der Waals surface area contributed by atoms with Crippen molar-refractivity contribution in [1.29, 1.82) is 0 Å². The van der Waals surface area contributed by atoms with Gasteiger partial charge in [-0.1, -0.05) is 0 Å². The van der Waals surface area contributed by atoms with Crippen molar-refractivity contribution in [3.05, 3.63) is 31.5 Å². The fourth-order valence-electron chi connectivity index (χ4n) is 1.76. The van der Waals surface area contributed by atoms with Crippen molar-refractivity contribution >= 4 is 15.9 Å². The van der Waals surface area contributed by atoms with E-state index in [0.717, 1.165) is 10.8 Å². The van der Waals surface area contributed by atoms with Crippen LogP contribution in [0.4, 0.5) is 0 Å². The lowest BCUT2D eigenvalue weighted by Gasteiger charge is -2.17. The highest BCUT2D eigenvalue weighted by Gasteiger charge is 2.43. The van der Waals surface area contributed by atoms with Crippen molar-refractivity contribution in [2.75, 3.05) is 6.61 Å².